The van der Waals surface area contributed by atoms with Crippen molar-refractivity contribution in [2.24, 2.45) is 0 Å². The molecule has 0 spiro atoms. The molecule has 0 aliphatic heterocycles. The van der Waals surface area contributed by atoms with Crippen molar-refractivity contribution < 1.29 is 13.6 Å². The van der Waals surface area contributed by atoms with Crippen LogP contribution in [-0.4, -0.2) is 44.0 Å². The summed E-state index contributed by atoms with van der Waals surface area (Å²) in [7, 11) is 1.57. The van der Waals surface area contributed by atoms with Crippen molar-refractivity contribution in [1.82, 2.24) is 24.6 Å². The number of nitrogens with one attached hydrogen (secondary N) is 1. The summed E-state index contributed by atoms with van der Waals surface area (Å²) in [6.45, 7) is -0.261. The highest BCUT2D eigenvalue weighted by Crippen LogP contribution is 2.10. The number of amides is 1. The molecule has 0 bridgehead atoms. The fraction of sp³-hybridized carbons (Fsp3) is 0.364. The molecule has 2 aromatic rings. The van der Waals surface area contributed by atoms with Crippen molar-refractivity contribution >= 4 is 5.91 Å². The fourth-order valence-electron chi connectivity index (χ4n) is 1.72. The normalized spacial score (nSPS) is 10.9. The Morgan fingerprint density at radius 1 is 1.58 bits per heavy atom. The van der Waals surface area contributed by atoms with E-state index in [9.17, 15) is 13.6 Å². The van der Waals surface area contributed by atoms with Crippen LogP contribution >= 0.6 is 0 Å². The third kappa shape index (κ3) is 3.15. The quantitative estimate of drug-likeness (QED) is 0.885. The lowest BCUT2D eigenvalue weighted by Gasteiger charge is -2.17. The molecule has 0 saturated carbocycles. The molecule has 0 unspecified atom stereocenters. The molecular formula is C11H13F2N5O. The number of nitrogens with zero attached hydrogens (tertiary/aromatic N) is 4. The van der Waals surface area contributed by atoms with Gasteiger partial charge in [0.1, 0.15) is 17.8 Å². The van der Waals surface area contributed by atoms with Crippen molar-refractivity contribution in [2.75, 3.05) is 7.05 Å². The van der Waals surface area contributed by atoms with Crippen LogP contribution in [0.3, 0.4) is 0 Å². The Balaban J connectivity index is 2.08. The van der Waals surface area contributed by atoms with Crippen LogP contribution in [0.5, 0.6) is 0 Å². The maximum absolute atomic E-state index is 12.4. The lowest BCUT2D eigenvalue weighted by Crippen LogP contribution is -2.29. The summed E-state index contributed by atoms with van der Waals surface area (Å²) < 4.78 is 26.0. The number of aromatic nitrogens is 4. The highest BCUT2D eigenvalue weighted by Gasteiger charge is 2.18. The van der Waals surface area contributed by atoms with Gasteiger partial charge in [-0.1, -0.05) is 0 Å². The first kappa shape index (κ1) is 13.2. The lowest BCUT2D eigenvalue weighted by molar-refractivity contribution is 0.0760. The van der Waals surface area contributed by atoms with Crippen molar-refractivity contribution in [2.45, 2.75) is 19.5 Å². The number of halogens is 2. The second-order valence-corrected chi connectivity index (χ2v) is 4.03. The van der Waals surface area contributed by atoms with Gasteiger partial charge in [0, 0.05) is 13.2 Å². The summed E-state index contributed by atoms with van der Waals surface area (Å²) in [6, 6.07) is 3.08. The van der Waals surface area contributed by atoms with Crippen LogP contribution < -0.4 is 0 Å². The Morgan fingerprint density at radius 2 is 2.37 bits per heavy atom. The van der Waals surface area contributed by atoms with Gasteiger partial charge in [0.2, 0.25) is 0 Å². The number of alkyl halides is 2. The Kier molecular flexibility index (Phi) is 3.88. The minimum atomic E-state index is -2.50. The molecule has 8 heteroatoms. The monoisotopic (exact) mass is 269 g/mol. The van der Waals surface area contributed by atoms with Crippen LogP contribution in [0.4, 0.5) is 8.78 Å². The first-order chi connectivity index (χ1) is 9.08. The molecule has 0 radical (unpaired) electrons. The van der Waals surface area contributed by atoms with E-state index >= 15 is 0 Å². The van der Waals surface area contributed by atoms with Crippen LogP contribution in [0.1, 0.15) is 16.3 Å². The van der Waals surface area contributed by atoms with Gasteiger partial charge in [-0.25, -0.2) is 13.8 Å². The van der Waals surface area contributed by atoms with E-state index in [0.29, 0.717) is 5.82 Å². The standard InChI is InChI=1S/C11H13F2N5O/c1-17(6-10-14-7-15-16-10)11(19)8-3-2-4-18(8)5-9(12)13/h2-4,7,9H,5-6H2,1H3,(H,14,15,16). The number of aromatic amines is 1. The average Bonchev–Trinajstić information content (AvgIpc) is 2.98. The molecule has 6 nitrogen and oxygen atoms in total. The first-order valence-corrected chi connectivity index (χ1v) is 5.61. The molecule has 2 rings (SSSR count). The minimum Gasteiger partial charge on any atom is -0.338 e. The first-order valence-electron chi connectivity index (χ1n) is 5.61. The Bertz CT molecular complexity index is 537. The zero-order chi connectivity index (χ0) is 13.8. The zero-order valence-corrected chi connectivity index (χ0v) is 10.3. The third-order valence-electron chi connectivity index (χ3n) is 2.58. The van der Waals surface area contributed by atoms with Crippen LogP contribution in [0.15, 0.2) is 24.7 Å². The van der Waals surface area contributed by atoms with E-state index in [1.807, 2.05) is 0 Å². The minimum absolute atomic E-state index is 0.224. The molecule has 102 valence electrons. The van der Waals surface area contributed by atoms with E-state index in [0.717, 1.165) is 0 Å². The number of carbonyl (C=O) groups is 1. The molecule has 0 aromatic carbocycles. The Morgan fingerprint density at radius 3 is 3.00 bits per heavy atom. The number of carbonyl (C=O) groups excluding carboxylic acids is 1. The van der Waals surface area contributed by atoms with Crippen LogP contribution in [0.2, 0.25) is 0 Å². The summed E-state index contributed by atoms with van der Waals surface area (Å²) in [5.41, 5.74) is 0.224. The Hall–Kier alpha value is -2.25. The van der Waals surface area contributed by atoms with Crippen LogP contribution in [0.25, 0.3) is 0 Å². The van der Waals surface area contributed by atoms with Gasteiger partial charge in [-0.2, -0.15) is 5.10 Å². The molecule has 0 atom stereocenters. The van der Waals surface area contributed by atoms with Crippen LogP contribution in [-0.2, 0) is 13.1 Å². The average molecular weight is 269 g/mol. The largest absolute Gasteiger partial charge is 0.338 e. The van der Waals surface area contributed by atoms with E-state index in [-0.39, 0.29) is 18.1 Å². The smallest absolute Gasteiger partial charge is 0.270 e. The van der Waals surface area contributed by atoms with Gasteiger partial charge in [-0.15, -0.1) is 0 Å². The van der Waals surface area contributed by atoms with Gasteiger partial charge in [0.15, 0.2) is 0 Å². The maximum Gasteiger partial charge on any atom is 0.270 e. The van der Waals surface area contributed by atoms with E-state index < -0.39 is 13.0 Å². The highest BCUT2D eigenvalue weighted by molar-refractivity contribution is 5.92. The summed E-state index contributed by atoms with van der Waals surface area (Å²) in [4.78, 5) is 17.4. The molecular weight excluding hydrogens is 256 g/mol. The number of hydrogen-bond acceptors (Lipinski definition) is 3. The number of rotatable bonds is 5. The van der Waals surface area contributed by atoms with Crippen molar-refractivity contribution in [3.05, 3.63) is 36.2 Å². The van der Waals surface area contributed by atoms with E-state index in [4.69, 9.17) is 0 Å². The SMILES string of the molecule is CN(Cc1ncn[nH]1)C(=O)c1cccn1CC(F)F. The maximum atomic E-state index is 12.4. The molecule has 0 aliphatic rings. The summed E-state index contributed by atoms with van der Waals surface area (Å²) in [5.74, 6) is 0.185. The molecule has 0 fully saturated rings. The van der Waals surface area contributed by atoms with Gasteiger partial charge in [-0.05, 0) is 12.1 Å². The van der Waals surface area contributed by atoms with E-state index in [1.165, 1.54) is 28.1 Å². The molecule has 0 saturated heterocycles. The number of H-pyrrole nitrogens is 1. The van der Waals surface area contributed by atoms with Gasteiger partial charge in [0.05, 0.1) is 13.1 Å². The van der Waals surface area contributed by atoms with E-state index in [1.54, 1.807) is 13.1 Å². The highest BCUT2D eigenvalue weighted by atomic mass is 19.3. The summed E-state index contributed by atoms with van der Waals surface area (Å²) in [6.07, 6.45) is 0.299. The predicted molar refractivity (Wildman–Crippen MR) is 62.6 cm³/mol. The molecule has 1 amide bonds. The molecule has 1 N–H and O–H groups in total. The van der Waals surface area contributed by atoms with Crippen molar-refractivity contribution in [1.29, 1.82) is 0 Å². The third-order valence-corrected chi connectivity index (χ3v) is 2.58. The molecule has 19 heavy (non-hydrogen) atoms. The fourth-order valence-corrected chi connectivity index (χ4v) is 1.72. The zero-order valence-electron chi connectivity index (χ0n) is 10.3. The molecule has 2 heterocycles. The van der Waals surface area contributed by atoms with Crippen molar-refractivity contribution in [3.8, 4) is 0 Å². The van der Waals surface area contributed by atoms with Gasteiger partial charge < -0.3 is 9.47 Å². The second kappa shape index (κ2) is 5.59. The Labute approximate surface area is 108 Å². The summed E-state index contributed by atoms with van der Waals surface area (Å²) in [5, 5.41) is 6.31. The summed E-state index contributed by atoms with van der Waals surface area (Å²) >= 11 is 0. The lowest BCUT2D eigenvalue weighted by atomic mass is 10.3. The van der Waals surface area contributed by atoms with Gasteiger partial charge in [-0.3, -0.25) is 9.89 Å². The second-order valence-electron chi connectivity index (χ2n) is 4.03. The van der Waals surface area contributed by atoms with Gasteiger partial charge >= 0.3 is 0 Å². The van der Waals surface area contributed by atoms with E-state index in [2.05, 4.69) is 15.2 Å². The number of hydrogen-bond donors (Lipinski definition) is 1. The topological polar surface area (TPSA) is 66.8 Å². The predicted octanol–water partition coefficient (Wildman–Crippen LogP) is 1.14. The van der Waals surface area contributed by atoms with Crippen molar-refractivity contribution in [3.63, 3.8) is 0 Å². The van der Waals surface area contributed by atoms with Gasteiger partial charge in [0.25, 0.3) is 12.3 Å². The molecule has 0 aliphatic carbocycles. The molecule has 2 aromatic heterocycles. The van der Waals surface area contributed by atoms with Crippen LogP contribution in [0, 0.1) is 0 Å².